The van der Waals surface area contributed by atoms with E-state index < -0.39 is 10.0 Å². The fraction of sp³-hybridized carbons (Fsp3) is 0.286. The van der Waals surface area contributed by atoms with Crippen LogP contribution in [0.1, 0.15) is 30.3 Å². The summed E-state index contributed by atoms with van der Waals surface area (Å²) in [6.45, 7) is 3.83. The molecule has 1 aromatic heterocycles. The van der Waals surface area contributed by atoms with E-state index in [1.807, 2.05) is 32.0 Å². The van der Waals surface area contributed by atoms with Crippen LogP contribution in [0.15, 0.2) is 40.6 Å². The summed E-state index contributed by atoms with van der Waals surface area (Å²) < 4.78 is 27.7. The molecule has 108 valence electrons. The van der Waals surface area contributed by atoms with Gasteiger partial charge in [-0.3, -0.25) is 4.72 Å². The first-order valence-corrected chi connectivity index (χ1v) is 8.70. The van der Waals surface area contributed by atoms with E-state index in [4.69, 9.17) is 5.73 Å². The average Bonchev–Trinajstić information content (AvgIpc) is 2.88. The Bertz CT molecular complexity index is 691. The van der Waals surface area contributed by atoms with Gasteiger partial charge in [0.15, 0.2) is 0 Å². The molecule has 0 radical (unpaired) electrons. The minimum atomic E-state index is -3.55. The fourth-order valence-corrected chi connectivity index (χ4v) is 4.26. The third-order valence-corrected chi connectivity index (χ3v) is 6.03. The first kappa shape index (κ1) is 15.0. The Balaban J connectivity index is 2.33. The number of rotatable bonds is 5. The van der Waals surface area contributed by atoms with Gasteiger partial charge in [-0.25, -0.2) is 8.42 Å². The minimum absolute atomic E-state index is 0.233. The molecule has 2 aromatic rings. The lowest BCUT2D eigenvalue weighted by Gasteiger charge is -2.14. The summed E-state index contributed by atoms with van der Waals surface area (Å²) in [6, 6.07) is 10.4. The molecule has 1 atom stereocenters. The predicted octanol–water partition coefficient (Wildman–Crippen LogP) is 3.13. The average molecular weight is 310 g/mol. The van der Waals surface area contributed by atoms with E-state index in [0.717, 1.165) is 16.9 Å². The molecule has 0 aliphatic heterocycles. The van der Waals surface area contributed by atoms with Gasteiger partial charge in [0.05, 0.1) is 5.69 Å². The molecule has 3 N–H and O–H groups in total. The Morgan fingerprint density at radius 3 is 2.55 bits per heavy atom. The third kappa shape index (κ3) is 3.20. The number of aryl methyl sites for hydroxylation is 1. The van der Waals surface area contributed by atoms with Crippen molar-refractivity contribution in [1.29, 1.82) is 0 Å². The van der Waals surface area contributed by atoms with Crippen LogP contribution >= 0.6 is 11.3 Å². The van der Waals surface area contributed by atoms with Gasteiger partial charge in [-0.2, -0.15) is 0 Å². The first-order valence-electron chi connectivity index (χ1n) is 6.40. The van der Waals surface area contributed by atoms with Crippen molar-refractivity contribution in [3.8, 4) is 0 Å². The Morgan fingerprint density at radius 2 is 1.95 bits per heavy atom. The summed E-state index contributed by atoms with van der Waals surface area (Å²) in [5, 5.41) is 0. The summed E-state index contributed by atoms with van der Waals surface area (Å²) in [6.07, 6.45) is 0.830. The van der Waals surface area contributed by atoms with Gasteiger partial charge in [0.2, 0.25) is 0 Å². The Hall–Kier alpha value is -1.37. The van der Waals surface area contributed by atoms with E-state index in [1.54, 1.807) is 18.2 Å². The van der Waals surface area contributed by atoms with Crippen molar-refractivity contribution < 1.29 is 8.42 Å². The zero-order chi connectivity index (χ0) is 14.8. The van der Waals surface area contributed by atoms with Crippen LogP contribution in [0.25, 0.3) is 0 Å². The highest BCUT2D eigenvalue weighted by atomic mass is 32.2. The Morgan fingerprint density at radius 1 is 1.25 bits per heavy atom. The number of hydrogen-bond acceptors (Lipinski definition) is 4. The van der Waals surface area contributed by atoms with E-state index in [1.165, 1.54) is 11.3 Å². The number of benzene rings is 1. The topological polar surface area (TPSA) is 72.2 Å². The molecule has 1 heterocycles. The fourth-order valence-electron chi connectivity index (χ4n) is 1.87. The maximum atomic E-state index is 12.4. The second-order valence-electron chi connectivity index (χ2n) is 4.56. The van der Waals surface area contributed by atoms with Gasteiger partial charge < -0.3 is 5.73 Å². The summed E-state index contributed by atoms with van der Waals surface area (Å²) in [5.41, 5.74) is 7.18. The van der Waals surface area contributed by atoms with Crippen LogP contribution in [0, 0.1) is 0 Å². The largest absolute Gasteiger partial charge is 0.324 e. The number of anilines is 1. The van der Waals surface area contributed by atoms with E-state index >= 15 is 0 Å². The van der Waals surface area contributed by atoms with Crippen LogP contribution < -0.4 is 10.5 Å². The van der Waals surface area contributed by atoms with Crippen LogP contribution in [0.5, 0.6) is 0 Å². The molecule has 1 aromatic carbocycles. The van der Waals surface area contributed by atoms with Crippen molar-refractivity contribution in [2.75, 3.05) is 4.72 Å². The van der Waals surface area contributed by atoms with Crippen molar-refractivity contribution in [3.05, 3.63) is 46.8 Å². The highest BCUT2D eigenvalue weighted by Gasteiger charge is 2.18. The maximum absolute atomic E-state index is 12.4. The summed E-state index contributed by atoms with van der Waals surface area (Å²) in [7, 11) is -3.55. The van der Waals surface area contributed by atoms with Crippen molar-refractivity contribution >= 4 is 27.0 Å². The smallest absolute Gasteiger partial charge is 0.271 e. The molecule has 0 aliphatic carbocycles. The lowest BCUT2D eigenvalue weighted by Crippen LogP contribution is -2.15. The molecule has 6 heteroatoms. The van der Waals surface area contributed by atoms with Crippen molar-refractivity contribution in [3.63, 3.8) is 0 Å². The van der Waals surface area contributed by atoms with Gasteiger partial charge >= 0.3 is 0 Å². The van der Waals surface area contributed by atoms with E-state index in [0.29, 0.717) is 9.90 Å². The van der Waals surface area contributed by atoms with Crippen LogP contribution in [0.2, 0.25) is 0 Å². The highest BCUT2D eigenvalue weighted by Crippen LogP contribution is 2.27. The maximum Gasteiger partial charge on any atom is 0.271 e. The molecule has 0 amide bonds. The van der Waals surface area contributed by atoms with Crippen molar-refractivity contribution in [1.82, 2.24) is 0 Å². The summed E-state index contributed by atoms with van der Waals surface area (Å²) >= 11 is 1.29. The molecule has 0 aliphatic rings. The monoisotopic (exact) mass is 310 g/mol. The molecular weight excluding hydrogens is 292 g/mol. The van der Waals surface area contributed by atoms with Gasteiger partial charge in [-0.05, 0) is 37.1 Å². The Labute approximate surface area is 123 Å². The molecular formula is C14H18N2O2S2. The zero-order valence-electron chi connectivity index (χ0n) is 11.5. The second-order valence-corrected chi connectivity index (χ2v) is 7.63. The zero-order valence-corrected chi connectivity index (χ0v) is 13.1. The predicted molar refractivity (Wildman–Crippen MR) is 83.5 cm³/mol. The molecule has 0 bridgehead atoms. The summed E-state index contributed by atoms with van der Waals surface area (Å²) in [5.74, 6) is 0. The lowest BCUT2D eigenvalue weighted by molar-refractivity contribution is 0.603. The number of nitrogens with two attached hydrogens (primary N) is 1. The number of para-hydroxylation sites is 1. The summed E-state index contributed by atoms with van der Waals surface area (Å²) in [4.78, 5) is 1.05. The van der Waals surface area contributed by atoms with Gasteiger partial charge in [-0.15, -0.1) is 11.3 Å². The number of thiophene rings is 1. The van der Waals surface area contributed by atoms with Crippen LogP contribution in [0.4, 0.5) is 5.69 Å². The molecule has 4 nitrogen and oxygen atoms in total. The Kier molecular flexibility index (Phi) is 4.47. The number of nitrogens with one attached hydrogen (secondary N) is 1. The molecule has 20 heavy (non-hydrogen) atoms. The molecule has 1 unspecified atom stereocenters. The lowest BCUT2D eigenvalue weighted by atomic mass is 10.1. The normalized spacial score (nSPS) is 13.2. The molecule has 0 saturated heterocycles. The molecule has 0 spiro atoms. The van der Waals surface area contributed by atoms with E-state index in [9.17, 15) is 8.42 Å². The van der Waals surface area contributed by atoms with Crippen molar-refractivity contribution in [2.45, 2.75) is 30.5 Å². The SMILES string of the molecule is CCc1ccc(S(=O)(=O)Nc2ccccc2C(C)N)s1. The third-order valence-electron chi connectivity index (χ3n) is 2.95. The number of sulfonamides is 1. The van der Waals surface area contributed by atoms with Crippen molar-refractivity contribution in [2.24, 2.45) is 5.73 Å². The molecule has 2 rings (SSSR count). The second kappa shape index (κ2) is 5.95. The van der Waals surface area contributed by atoms with E-state index in [-0.39, 0.29) is 6.04 Å². The van der Waals surface area contributed by atoms with Crippen LogP contribution in [-0.4, -0.2) is 8.42 Å². The highest BCUT2D eigenvalue weighted by molar-refractivity contribution is 7.94. The molecule has 0 saturated carbocycles. The first-order chi connectivity index (χ1) is 9.44. The molecule has 0 fully saturated rings. The van der Waals surface area contributed by atoms with Gasteiger partial charge in [0.25, 0.3) is 10.0 Å². The van der Waals surface area contributed by atoms with Gasteiger partial charge in [0, 0.05) is 10.9 Å². The van der Waals surface area contributed by atoms with Crippen LogP contribution in [0.3, 0.4) is 0 Å². The minimum Gasteiger partial charge on any atom is -0.324 e. The van der Waals surface area contributed by atoms with Gasteiger partial charge in [0.1, 0.15) is 4.21 Å². The van der Waals surface area contributed by atoms with E-state index in [2.05, 4.69) is 4.72 Å². The standard InChI is InChI=1S/C14H18N2O2S2/c1-3-11-8-9-14(19-11)20(17,18)16-13-7-5-4-6-12(13)10(2)15/h4-10,16H,3,15H2,1-2H3. The quantitative estimate of drug-likeness (QED) is 0.891. The van der Waals surface area contributed by atoms with Gasteiger partial charge in [-0.1, -0.05) is 25.1 Å². The van der Waals surface area contributed by atoms with Crippen LogP contribution in [-0.2, 0) is 16.4 Å². The number of hydrogen-bond donors (Lipinski definition) is 2.